The molecule has 0 aromatic heterocycles. The van der Waals surface area contributed by atoms with Crippen LogP contribution in [0.3, 0.4) is 0 Å². The van der Waals surface area contributed by atoms with Crippen molar-refractivity contribution in [3.63, 3.8) is 0 Å². The fraction of sp³-hybridized carbons (Fsp3) is 0.467. The summed E-state index contributed by atoms with van der Waals surface area (Å²) < 4.78 is 19.9. The molecule has 2 aliphatic heterocycles. The smallest absolute Gasteiger partial charge is 0.407 e. The molecule has 1 fully saturated rings. The number of halogens is 1. The number of carboxylic acid groups (broad SMARTS) is 1. The third kappa shape index (κ3) is 2.75. The molecule has 1 saturated heterocycles. The predicted molar refractivity (Wildman–Crippen MR) is 80.1 cm³/mol. The van der Waals surface area contributed by atoms with Crippen molar-refractivity contribution in [3.8, 4) is 11.8 Å². The molecule has 7 nitrogen and oxygen atoms in total. The van der Waals surface area contributed by atoms with Gasteiger partial charge in [-0.05, 0) is 12.5 Å². The second kappa shape index (κ2) is 5.93. The topological polar surface area (TPSA) is 103 Å². The normalized spacial score (nSPS) is 20.5. The van der Waals surface area contributed by atoms with E-state index in [-0.39, 0.29) is 24.0 Å². The van der Waals surface area contributed by atoms with Gasteiger partial charge >= 0.3 is 6.09 Å². The summed E-state index contributed by atoms with van der Waals surface area (Å²) in [6, 6.07) is 3.14. The number of hydrogen-bond acceptors (Lipinski definition) is 5. The van der Waals surface area contributed by atoms with Crippen LogP contribution in [0.15, 0.2) is 6.07 Å². The van der Waals surface area contributed by atoms with Crippen LogP contribution < -0.4 is 15.4 Å². The van der Waals surface area contributed by atoms with Crippen molar-refractivity contribution in [2.24, 2.45) is 5.73 Å². The summed E-state index contributed by atoms with van der Waals surface area (Å²) in [6.45, 7) is 1.67. The van der Waals surface area contributed by atoms with Crippen LogP contribution in [0.4, 0.5) is 14.9 Å². The quantitative estimate of drug-likeness (QED) is 0.792. The van der Waals surface area contributed by atoms with Gasteiger partial charge in [0, 0.05) is 37.8 Å². The van der Waals surface area contributed by atoms with Gasteiger partial charge in [0.2, 0.25) is 0 Å². The molecule has 0 bridgehead atoms. The minimum Gasteiger partial charge on any atom is -0.490 e. The molecule has 1 atom stereocenters. The molecule has 0 saturated carbocycles. The third-order valence-corrected chi connectivity index (χ3v) is 4.22. The number of carbonyl (C=O) groups is 1. The molecule has 8 heteroatoms. The molecule has 0 spiro atoms. The van der Waals surface area contributed by atoms with Crippen LogP contribution in [0.2, 0.25) is 0 Å². The molecule has 23 heavy (non-hydrogen) atoms. The van der Waals surface area contributed by atoms with Crippen LogP contribution in [0.25, 0.3) is 0 Å². The van der Waals surface area contributed by atoms with Gasteiger partial charge in [0.05, 0.1) is 5.69 Å². The Morgan fingerprint density at radius 2 is 2.13 bits per heavy atom. The van der Waals surface area contributed by atoms with Crippen molar-refractivity contribution in [3.05, 3.63) is 23.0 Å². The number of rotatable bonds is 1. The lowest BCUT2D eigenvalue weighted by Crippen LogP contribution is -2.48. The monoisotopic (exact) mass is 320 g/mol. The lowest BCUT2D eigenvalue weighted by atomic mass is 9.97. The average Bonchev–Trinajstić information content (AvgIpc) is 2.55. The Bertz CT molecular complexity index is 680. The van der Waals surface area contributed by atoms with E-state index in [9.17, 15) is 14.4 Å². The van der Waals surface area contributed by atoms with Crippen molar-refractivity contribution in [2.75, 3.05) is 37.7 Å². The maximum absolute atomic E-state index is 14.4. The number of ether oxygens (including phenoxy) is 1. The highest BCUT2D eigenvalue weighted by Crippen LogP contribution is 2.37. The number of benzene rings is 1. The highest BCUT2D eigenvalue weighted by molar-refractivity contribution is 5.69. The maximum atomic E-state index is 14.4. The van der Waals surface area contributed by atoms with E-state index in [2.05, 4.69) is 6.07 Å². The molecule has 1 unspecified atom stereocenters. The van der Waals surface area contributed by atoms with Crippen LogP contribution in [-0.4, -0.2) is 54.9 Å². The Labute approximate surface area is 132 Å². The second-order valence-corrected chi connectivity index (χ2v) is 5.70. The van der Waals surface area contributed by atoms with Crippen LogP contribution >= 0.6 is 0 Å². The van der Waals surface area contributed by atoms with Gasteiger partial charge in [-0.15, -0.1) is 0 Å². The number of hydrogen-bond donors (Lipinski definition) is 2. The van der Waals surface area contributed by atoms with E-state index in [1.54, 1.807) is 0 Å². The minimum atomic E-state index is -0.973. The number of nitrogens with zero attached hydrogens (tertiary/aromatic N) is 3. The van der Waals surface area contributed by atoms with Crippen molar-refractivity contribution in [1.82, 2.24) is 4.90 Å². The van der Waals surface area contributed by atoms with E-state index < -0.39 is 11.9 Å². The van der Waals surface area contributed by atoms with Gasteiger partial charge in [-0.1, -0.05) is 0 Å². The number of nitriles is 1. The van der Waals surface area contributed by atoms with Gasteiger partial charge in [0.15, 0.2) is 0 Å². The Hall–Kier alpha value is -2.53. The zero-order valence-corrected chi connectivity index (χ0v) is 12.5. The van der Waals surface area contributed by atoms with Crippen molar-refractivity contribution >= 4 is 11.8 Å². The number of piperazine rings is 1. The first-order chi connectivity index (χ1) is 11.0. The van der Waals surface area contributed by atoms with E-state index in [4.69, 9.17) is 15.6 Å². The molecule has 2 heterocycles. The fourth-order valence-corrected chi connectivity index (χ4v) is 3.01. The standard InChI is InChI=1S/C15H17FN4O3/c16-12-6-13(19-1-3-20(4-2-19)15(21)22)11(7-17)14-10(12)5-9(18)8-23-14/h6,9H,1-5,8,18H2,(H,21,22). The van der Waals surface area contributed by atoms with Crippen LogP contribution in [0.5, 0.6) is 5.75 Å². The van der Waals surface area contributed by atoms with E-state index in [0.717, 1.165) is 0 Å². The summed E-state index contributed by atoms with van der Waals surface area (Å²) in [5.41, 5.74) is 6.87. The van der Waals surface area contributed by atoms with Crippen molar-refractivity contribution < 1.29 is 19.0 Å². The van der Waals surface area contributed by atoms with Crippen LogP contribution in [0, 0.1) is 17.1 Å². The van der Waals surface area contributed by atoms with Gasteiger partial charge in [-0.25, -0.2) is 9.18 Å². The summed E-state index contributed by atoms with van der Waals surface area (Å²) in [6.07, 6.45) is -0.637. The summed E-state index contributed by atoms with van der Waals surface area (Å²) >= 11 is 0. The maximum Gasteiger partial charge on any atom is 0.407 e. The minimum absolute atomic E-state index is 0.247. The molecule has 1 amide bonds. The molecule has 1 aromatic rings. The van der Waals surface area contributed by atoms with Crippen molar-refractivity contribution in [2.45, 2.75) is 12.5 Å². The molecule has 2 aliphatic rings. The largest absolute Gasteiger partial charge is 0.490 e. The van der Waals surface area contributed by atoms with E-state index in [1.165, 1.54) is 11.0 Å². The number of anilines is 1. The van der Waals surface area contributed by atoms with Crippen LogP contribution in [0.1, 0.15) is 11.1 Å². The summed E-state index contributed by atoms with van der Waals surface area (Å²) in [5, 5.41) is 18.5. The zero-order valence-electron chi connectivity index (χ0n) is 12.5. The predicted octanol–water partition coefficient (Wildman–Crippen LogP) is 0.760. The zero-order chi connectivity index (χ0) is 16.6. The van der Waals surface area contributed by atoms with Gasteiger partial charge in [-0.3, -0.25) is 0 Å². The Morgan fingerprint density at radius 3 is 2.74 bits per heavy atom. The highest BCUT2D eigenvalue weighted by atomic mass is 19.1. The summed E-state index contributed by atoms with van der Waals surface area (Å²) in [4.78, 5) is 14.1. The molecule has 3 N–H and O–H groups in total. The molecule has 0 aliphatic carbocycles. The van der Waals surface area contributed by atoms with E-state index >= 15 is 0 Å². The molecule has 122 valence electrons. The van der Waals surface area contributed by atoms with Gasteiger partial charge in [0.25, 0.3) is 0 Å². The Balaban J connectivity index is 1.93. The average molecular weight is 320 g/mol. The number of amides is 1. The lowest BCUT2D eigenvalue weighted by molar-refractivity contribution is 0.142. The Kier molecular flexibility index (Phi) is 3.96. The SMILES string of the molecule is N#Cc1c(N2CCN(C(=O)O)CC2)cc(F)c2c1OCC(N)C2. The van der Waals surface area contributed by atoms with E-state index in [0.29, 0.717) is 43.9 Å². The first-order valence-corrected chi connectivity index (χ1v) is 7.38. The number of nitrogens with two attached hydrogens (primary N) is 1. The molecule has 1 aromatic carbocycles. The van der Waals surface area contributed by atoms with Crippen LogP contribution in [-0.2, 0) is 6.42 Å². The summed E-state index contributed by atoms with van der Waals surface area (Å²) in [7, 11) is 0. The number of fused-ring (bicyclic) bond motifs is 1. The fourth-order valence-electron chi connectivity index (χ4n) is 3.01. The molecule has 0 radical (unpaired) electrons. The van der Waals surface area contributed by atoms with Gasteiger partial charge in [-0.2, -0.15) is 5.26 Å². The molecule has 3 rings (SSSR count). The first kappa shape index (κ1) is 15.4. The summed E-state index contributed by atoms with van der Waals surface area (Å²) in [5.74, 6) is -0.172. The lowest BCUT2D eigenvalue weighted by Gasteiger charge is -2.36. The van der Waals surface area contributed by atoms with Gasteiger partial charge < -0.3 is 25.4 Å². The second-order valence-electron chi connectivity index (χ2n) is 5.70. The van der Waals surface area contributed by atoms with Crippen molar-refractivity contribution in [1.29, 1.82) is 5.26 Å². The third-order valence-electron chi connectivity index (χ3n) is 4.22. The Morgan fingerprint density at radius 1 is 1.43 bits per heavy atom. The molecular formula is C15H17FN4O3. The highest BCUT2D eigenvalue weighted by Gasteiger charge is 2.29. The van der Waals surface area contributed by atoms with E-state index in [1.807, 2.05) is 4.90 Å². The molecular weight excluding hydrogens is 303 g/mol. The first-order valence-electron chi connectivity index (χ1n) is 7.38. The van der Waals surface area contributed by atoms with Gasteiger partial charge in [0.1, 0.15) is 29.8 Å².